The molecule has 3 heterocycles. The Morgan fingerprint density at radius 1 is 1.45 bits per heavy atom. The predicted molar refractivity (Wildman–Crippen MR) is 76.1 cm³/mol. The summed E-state index contributed by atoms with van der Waals surface area (Å²) in [5, 5.41) is 3.57. The normalized spacial score (nSPS) is 23.9. The first-order chi connectivity index (χ1) is 9.41. The molecule has 1 N–H and O–H groups in total. The minimum Gasteiger partial charge on any atom is -0.348 e. The number of anilines is 1. The molecule has 0 aliphatic carbocycles. The van der Waals surface area contributed by atoms with Crippen LogP contribution in [0.3, 0.4) is 0 Å². The third kappa shape index (κ3) is 2.06. The number of thioether (sulfide) groups is 1. The lowest BCUT2D eigenvalue weighted by Gasteiger charge is -2.46. The zero-order valence-corrected chi connectivity index (χ0v) is 12.5. The van der Waals surface area contributed by atoms with Gasteiger partial charge in [0.15, 0.2) is 10.9 Å². The van der Waals surface area contributed by atoms with E-state index in [2.05, 4.69) is 15.3 Å². The molecule has 7 heteroatoms. The van der Waals surface area contributed by atoms with E-state index in [1.54, 1.807) is 6.20 Å². The fourth-order valence-electron chi connectivity index (χ4n) is 2.72. The number of hydrogen-bond donors (Lipinski definition) is 1. The van der Waals surface area contributed by atoms with Crippen LogP contribution in [0.4, 0.5) is 5.82 Å². The number of nitrogens with zero attached hydrogens (tertiary/aromatic N) is 3. The van der Waals surface area contributed by atoms with Crippen LogP contribution in [-0.2, 0) is 4.79 Å². The van der Waals surface area contributed by atoms with E-state index in [1.807, 2.05) is 25.0 Å². The van der Waals surface area contributed by atoms with Crippen LogP contribution in [0.5, 0.6) is 0 Å². The molecule has 2 aliphatic heterocycles. The maximum atomic E-state index is 12.2. The van der Waals surface area contributed by atoms with Gasteiger partial charge in [0, 0.05) is 19.2 Å². The van der Waals surface area contributed by atoms with Crippen molar-refractivity contribution in [2.45, 2.75) is 37.0 Å². The average molecular weight is 292 g/mol. The standard InChI is InChI=1S/C13H16N4O2S/c1-13(2)6-17-8(11(19)16-13)4-9(18)7-5-14-12(20-3)15-10(7)17/h5,8H,4,6H2,1-3H3,(H,16,19). The Labute approximate surface area is 121 Å². The van der Waals surface area contributed by atoms with Gasteiger partial charge in [-0.3, -0.25) is 9.59 Å². The Balaban J connectivity index is 2.10. The van der Waals surface area contributed by atoms with E-state index < -0.39 is 6.04 Å². The molecule has 6 nitrogen and oxygen atoms in total. The lowest BCUT2D eigenvalue weighted by molar-refractivity contribution is -0.125. The first-order valence-electron chi connectivity index (χ1n) is 6.44. The number of carbonyl (C=O) groups excluding carboxylic acids is 2. The van der Waals surface area contributed by atoms with Gasteiger partial charge >= 0.3 is 0 Å². The summed E-state index contributed by atoms with van der Waals surface area (Å²) in [7, 11) is 0. The number of ketones is 1. The first-order valence-corrected chi connectivity index (χ1v) is 7.67. The Kier molecular flexibility index (Phi) is 2.97. The molecule has 0 aromatic carbocycles. The number of rotatable bonds is 1. The topological polar surface area (TPSA) is 75.2 Å². The van der Waals surface area contributed by atoms with Crippen molar-refractivity contribution in [2.24, 2.45) is 0 Å². The first kappa shape index (κ1) is 13.4. The Hall–Kier alpha value is -1.63. The van der Waals surface area contributed by atoms with Crippen molar-refractivity contribution in [3.8, 4) is 0 Å². The van der Waals surface area contributed by atoms with E-state index >= 15 is 0 Å². The van der Waals surface area contributed by atoms with E-state index in [4.69, 9.17) is 0 Å². The summed E-state index contributed by atoms with van der Waals surface area (Å²) in [6, 6.07) is -0.451. The summed E-state index contributed by atoms with van der Waals surface area (Å²) < 4.78 is 0. The largest absolute Gasteiger partial charge is 0.348 e. The van der Waals surface area contributed by atoms with Crippen molar-refractivity contribution >= 4 is 29.3 Å². The summed E-state index contributed by atoms with van der Waals surface area (Å²) in [6.07, 6.45) is 3.65. The van der Waals surface area contributed by atoms with Crippen LogP contribution in [0.2, 0.25) is 0 Å². The third-order valence-electron chi connectivity index (χ3n) is 3.59. The van der Waals surface area contributed by atoms with Crippen molar-refractivity contribution in [3.63, 3.8) is 0 Å². The smallest absolute Gasteiger partial charge is 0.243 e. The van der Waals surface area contributed by atoms with Crippen molar-refractivity contribution < 1.29 is 9.59 Å². The number of nitrogens with one attached hydrogen (secondary N) is 1. The summed E-state index contributed by atoms with van der Waals surface area (Å²) in [5.41, 5.74) is 0.181. The van der Waals surface area contributed by atoms with Gasteiger partial charge in [-0.15, -0.1) is 0 Å². The summed E-state index contributed by atoms with van der Waals surface area (Å²) >= 11 is 1.42. The molecule has 1 amide bonds. The van der Waals surface area contributed by atoms with Crippen molar-refractivity contribution in [2.75, 3.05) is 17.7 Å². The number of Topliss-reactive ketones (excluding diaryl/α,β-unsaturated/α-hetero) is 1. The predicted octanol–water partition coefficient (Wildman–Crippen LogP) is 0.868. The summed E-state index contributed by atoms with van der Waals surface area (Å²) in [5.74, 6) is 0.418. The van der Waals surface area contributed by atoms with Gasteiger partial charge < -0.3 is 10.2 Å². The van der Waals surface area contributed by atoms with Crippen molar-refractivity contribution in [3.05, 3.63) is 11.8 Å². The van der Waals surface area contributed by atoms with Crippen LogP contribution in [0.25, 0.3) is 0 Å². The fourth-order valence-corrected chi connectivity index (χ4v) is 3.05. The number of amides is 1. The Morgan fingerprint density at radius 2 is 2.20 bits per heavy atom. The molecule has 1 atom stereocenters. The second-order valence-corrected chi connectivity index (χ2v) is 6.51. The van der Waals surface area contributed by atoms with Crippen LogP contribution in [-0.4, -0.2) is 46.0 Å². The number of carbonyl (C=O) groups is 2. The fraction of sp³-hybridized carbons (Fsp3) is 0.538. The molecule has 2 aliphatic rings. The number of fused-ring (bicyclic) bond motifs is 3. The quantitative estimate of drug-likeness (QED) is 0.611. The molecule has 106 valence electrons. The highest BCUT2D eigenvalue weighted by molar-refractivity contribution is 7.98. The van der Waals surface area contributed by atoms with Crippen molar-refractivity contribution in [1.82, 2.24) is 15.3 Å². The minimum atomic E-state index is -0.451. The molecule has 1 fully saturated rings. The van der Waals surface area contributed by atoms with Gasteiger partial charge in [-0.25, -0.2) is 9.97 Å². The zero-order valence-electron chi connectivity index (χ0n) is 11.6. The van der Waals surface area contributed by atoms with Crippen LogP contribution >= 0.6 is 11.8 Å². The highest BCUT2D eigenvalue weighted by atomic mass is 32.2. The molecule has 0 radical (unpaired) electrons. The zero-order chi connectivity index (χ0) is 14.5. The SMILES string of the molecule is CSc1ncc2c(n1)N1CC(C)(C)NC(=O)C1CC2=O. The minimum absolute atomic E-state index is 0.0660. The lowest BCUT2D eigenvalue weighted by atomic mass is 9.90. The highest BCUT2D eigenvalue weighted by Gasteiger charge is 2.44. The average Bonchev–Trinajstić information content (AvgIpc) is 2.39. The second kappa shape index (κ2) is 4.44. The Bertz CT molecular complexity index is 602. The van der Waals surface area contributed by atoms with Crippen molar-refractivity contribution in [1.29, 1.82) is 0 Å². The molecule has 0 spiro atoms. The van der Waals surface area contributed by atoms with Gasteiger partial charge in [-0.2, -0.15) is 0 Å². The highest BCUT2D eigenvalue weighted by Crippen LogP contribution is 2.33. The van der Waals surface area contributed by atoms with Crippen LogP contribution < -0.4 is 10.2 Å². The van der Waals surface area contributed by atoms with E-state index in [0.29, 0.717) is 23.1 Å². The van der Waals surface area contributed by atoms with E-state index in [0.717, 1.165) is 0 Å². The maximum Gasteiger partial charge on any atom is 0.243 e. The van der Waals surface area contributed by atoms with Crippen LogP contribution in [0, 0.1) is 0 Å². The number of hydrogen-bond acceptors (Lipinski definition) is 6. The molecule has 1 aromatic heterocycles. The van der Waals surface area contributed by atoms with Gasteiger partial charge in [0.05, 0.1) is 11.1 Å². The summed E-state index contributed by atoms with van der Waals surface area (Å²) in [6.45, 7) is 4.57. The summed E-state index contributed by atoms with van der Waals surface area (Å²) in [4.78, 5) is 34.9. The molecular formula is C13H16N4O2S. The molecular weight excluding hydrogens is 276 g/mol. The molecule has 1 aromatic rings. The van der Waals surface area contributed by atoms with Gasteiger partial charge in [0.1, 0.15) is 11.9 Å². The maximum absolute atomic E-state index is 12.2. The molecule has 20 heavy (non-hydrogen) atoms. The van der Waals surface area contributed by atoms with E-state index in [-0.39, 0.29) is 23.7 Å². The third-order valence-corrected chi connectivity index (χ3v) is 4.15. The van der Waals surface area contributed by atoms with Gasteiger partial charge in [0.25, 0.3) is 0 Å². The Morgan fingerprint density at radius 3 is 2.90 bits per heavy atom. The van der Waals surface area contributed by atoms with Gasteiger partial charge in [-0.1, -0.05) is 11.8 Å². The van der Waals surface area contributed by atoms with Gasteiger partial charge in [-0.05, 0) is 20.1 Å². The molecule has 1 unspecified atom stereocenters. The molecule has 0 bridgehead atoms. The monoisotopic (exact) mass is 292 g/mol. The van der Waals surface area contributed by atoms with Crippen LogP contribution in [0.1, 0.15) is 30.6 Å². The second-order valence-electron chi connectivity index (χ2n) is 5.74. The number of aromatic nitrogens is 2. The van der Waals surface area contributed by atoms with E-state index in [1.165, 1.54) is 11.8 Å². The van der Waals surface area contributed by atoms with Gasteiger partial charge in [0.2, 0.25) is 5.91 Å². The molecule has 0 saturated carbocycles. The van der Waals surface area contributed by atoms with E-state index in [9.17, 15) is 9.59 Å². The molecule has 3 rings (SSSR count). The lowest BCUT2D eigenvalue weighted by Crippen LogP contribution is -2.66. The number of piperazine rings is 1. The van der Waals surface area contributed by atoms with Crippen LogP contribution in [0.15, 0.2) is 11.4 Å². The molecule has 1 saturated heterocycles.